The van der Waals surface area contributed by atoms with E-state index < -0.39 is 0 Å². The first-order valence-corrected chi connectivity index (χ1v) is 5.91. The van der Waals surface area contributed by atoms with Gasteiger partial charge in [0.2, 0.25) is 0 Å². The lowest BCUT2D eigenvalue weighted by Crippen LogP contribution is -1.66. The molecule has 0 atom stereocenters. The molecule has 1 fully saturated rings. The van der Waals surface area contributed by atoms with E-state index in [1.807, 2.05) is 13.8 Å². The van der Waals surface area contributed by atoms with Crippen LogP contribution in [0.1, 0.15) is 79.1 Å². The second kappa shape index (κ2) is 17.2. The minimum Gasteiger partial charge on any atom is -0.0683 e. The molecule has 76 valence electrons. The molecule has 0 N–H and O–H groups in total. The molecule has 0 aromatic heterocycles. The molecule has 0 aromatic carbocycles. The molecule has 0 radical (unpaired) electrons. The van der Waals surface area contributed by atoms with Crippen molar-refractivity contribution in [2.75, 3.05) is 0 Å². The second-order valence-corrected chi connectivity index (χ2v) is 3.18. The first-order chi connectivity index (χ1) is 5.91. The topological polar surface area (TPSA) is 0 Å². The van der Waals surface area contributed by atoms with E-state index in [4.69, 9.17) is 0 Å². The van der Waals surface area contributed by atoms with Crippen LogP contribution in [0.2, 0.25) is 0 Å². The molecule has 1 saturated carbocycles. The molecule has 0 heteroatoms. The number of hydrogen-bond donors (Lipinski definition) is 0. The molecule has 1 aliphatic carbocycles. The molecular weight excluding hydrogens is 144 g/mol. The predicted molar refractivity (Wildman–Crippen MR) is 59.6 cm³/mol. The summed E-state index contributed by atoms with van der Waals surface area (Å²) >= 11 is 0. The summed E-state index contributed by atoms with van der Waals surface area (Å²) < 4.78 is 0. The van der Waals surface area contributed by atoms with Gasteiger partial charge in [-0.1, -0.05) is 79.1 Å². The average Bonchev–Trinajstić information content (AvgIpc) is 2.40. The molecule has 0 unspecified atom stereocenters. The summed E-state index contributed by atoms with van der Waals surface area (Å²) in [6, 6.07) is 0. The van der Waals surface area contributed by atoms with Crippen molar-refractivity contribution in [1.82, 2.24) is 0 Å². The molecular formula is C12H28. The maximum atomic E-state index is 2.12. The van der Waals surface area contributed by atoms with Gasteiger partial charge < -0.3 is 0 Å². The Morgan fingerprint density at radius 1 is 0.583 bits per heavy atom. The maximum absolute atomic E-state index is 2.12. The Kier molecular flexibility index (Phi) is 20.8. The third-order valence-corrected chi connectivity index (χ3v) is 1.75. The molecule has 12 heavy (non-hydrogen) atoms. The summed E-state index contributed by atoms with van der Waals surface area (Å²) in [5.41, 5.74) is 0. The van der Waals surface area contributed by atoms with Gasteiger partial charge in [-0.25, -0.2) is 0 Å². The van der Waals surface area contributed by atoms with Crippen molar-refractivity contribution in [3.05, 3.63) is 0 Å². The van der Waals surface area contributed by atoms with Crippen LogP contribution >= 0.6 is 0 Å². The fraction of sp³-hybridized carbons (Fsp3) is 1.00. The molecule has 1 rings (SSSR count). The maximum Gasteiger partial charge on any atom is -0.0533 e. The van der Waals surface area contributed by atoms with Crippen molar-refractivity contribution in [2.24, 2.45) is 0 Å². The Morgan fingerprint density at radius 2 is 0.667 bits per heavy atom. The molecule has 0 saturated heterocycles. The molecule has 1 aliphatic rings. The van der Waals surface area contributed by atoms with Gasteiger partial charge in [0, 0.05) is 0 Å². The van der Waals surface area contributed by atoms with Gasteiger partial charge in [0.1, 0.15) is 0 Å². The van der Waals surface area contributed by atoms with E-state index in [2.05, 4.69) is 13.8 Å². The van der Waals surface area contributed by atoms with Crippen LogP contribution in [0.25, 0.3) is 0 Å². The quantitative estimate of drug-likeness (QED) is 0.442. The van der Waals surface area contributed by atoms with Crippen LogP contribution in [0.3, 0.4) is 0 Å². The van der Waals surface area contributed by atoms with Gasteiger partial charge in [-0.3, -0.25) is 0 Å². The van der Waals surface area contributed by atoms with E-state index in [0.29, 0.717) is 0 Å². The van der Waals surface area contributed by atoms with Gasteiger partial charge in [-0.15, -0.1) is 0 Å². The molecule has 0 amide bonds. The van der Waals surface area contributed by atoms with Gasteiger partial charge in [0.15, 0.2) is 0 Å². The minimum absolute atomic E-state index is 1.25. The molecule has 0 nitrogen and oxygen atoms in total. The third-order valence-electron chi connectivity index (χ3n) is 1.75. The lowest BCUT2D eigenvalue weighted by Gasteiger charge is -1.85. The highest BCUT2D eigenvalue weighted by atomic mass is 14.0. The summed E-state index contributed by atoms with van der Waals surface area (Å²) in [4.78, 5) is 0. The Morgan fingerprint density at radius 3 is 0.750 bits per heavy atom. The van der Waals surface area contributed by atoms with Crippen LogP contribution in [0.15, 0.2) is 0 Å². The van der Waals surface area contributed by atoms with Crippen molar-refractivity contribution in [3.63, 3.8) is 0 Å². The molecule has 0 aliphatic heterocycles. The monoisotopic (exact) mass is 172 g/mol. The average molecular weight is 172 g/mol. The fourth-order valence-electron chi connectivity index (χ4n) is 1.24. The van der Waals surface area contributed by atoms with Crippen molar-refractivity contribution in [3.8, 4) is 0 Å². The highest BCUT2D eigenvalue weighted by Gasteiger charge is 1.95. The van der Waals surface area contributed by atoms with Crippen LogP contribution < -0.4 is 0 Å². The molecule has 0 spiro atoms. The van der Waals surface area contributed by atoms with Crippen molar-refractivity contribution in [1.29, 1.82) is 0 Å². The van der Waals surface area contributed by atoms with Gasteiger partial charge in [0.25, 0.3) is 0 Å². The van der Waals surface area contributed by atoms with Crippen LogP contribution in [0.5, 0.6) is 0 Å². The smallest absolute Gasteiger partial charge is 0.0533 e. The number of hydrogen-bond acceptors (Lipinski definition) is 0. The minimum atomic E-state index is 1.25. The largest absolute Gasteiger partial charge is 0.0683 e. The molecule has 0 heterocycles. The Bertz CT molecular complexity index is 28.3. The first-order valence-electron chi connectivity index (χ1n) is 5.91. The zero-order chi connectivity index (χ0) is 9.66. The Balaban J connectivity index is 0. The first kappa shape index (κ1) is 14.5. The highest BCUT2D eigenvalue weighted by Crippen LogP contribution is 2.15. The third kappa shape index (κ3) is 16.5. The zero-order valence-electron chi connectivity index (χ0n) is 9.66. The SMILES string of the molecule is C1CCCCCC1.CC.CCC. The summed E-state index contributed by atoms with van der Waals surface area (Å²) in [5, 5.41) is 0. The summed E-state index contributed by atoms with van der Waals surface area (Å²) in [6.45, 7) is 8.25. The van der Waals surface area contributed by atoms with E-state index in [1.54, 1.807) is 0 Å². The van der Waals surface area contributed by atoms with Crippen LogP contribution in [0.4, 0.5) is 0 Å². The van der Waals surface area contributed by atoms with E-state index in [-0.39, 0.29) is 0 Å². The molecule has 0 bridgehead atoms. The Hall–Kier alpha value is 0. The summed E-state index contributed by atoms with van der Waals surface area (Å²) in [7, 11) is 0. The Labute approximate surface area is 79.8 Å². The number of rotatable bonds is 0. The van der Waals surface area contributed by atoms with Gasteiger partial charge in [0.05, 0.1) is 0 Å². The standard InChI is InChI=1S/C7H14.C3H8.C2H6/c1-2-4-6-7-5-3-1;1-3-2;1-2/h1-7H2;3H2,1-2H3;1-2H3. The van der Waals surface area contributed by atoms with E-state index >= 15 is 0 Å². The highest BCUT2D eigenvalue weighted by molar-refractivity contribution is 4.51. The zero-order valence-corrected chi connectivity index (χ0v) is 9.66. The van der Waals surface area contributed by atoms with Gasteiger partial charge >= 0.3 is 0 Å². The van der Waals surface area contributed by atoms with E-state index in [0.717, 1.165) is 0 Å². The van der Waals surface area contributed by atoms with Crippen LogP contribution in [-0.2, 0) is 0 Å². The predicted octanol–water partition coefficient (Wildman–Crippen LogP) is 5.17. The summed E-state index contributed by atoms with van der Waals surface area (Å²) in [6.07, 6.45) is 11.8. The van der Waals surface area contributed by atoms with Crippen LogP contribution in [0, 0.1) is 0 Å². The van der Waals surface area contributed by atoms with E-state index in [9.17, 15) is 0 Å². The van der Waals surface area contributed by atoms with Crippen molar-refractivity contribution < 1.29 is 0 Å². The second-order valence-electron chi connectivity index (χ2n) is 3.18. The summed E-state index contributed by atoms with van der Waals surface area (Å²) in [5.74, 6) is 0. The lowest BCUT2D eigenvalue weighted by molar-refractivity contribution is 0.702. The van der Waals surface area contributed by atoms with E-state index in [1.165, 1.54) is 51.4 Å². The van der Waals surface area contributed by atoms with Crippen molar-refractivity contribution in [2.45, 2.75) is 79.1 Å². The molecule has 0 aromatic rings. The van der Waals surface area contributed by atoms with Crippen molar-refractivity contribution >= 4 is 0 Å². The normalized spacial score (nSPS) is 16.0. The fourth-order valence-corrected chi connectivity index (χ4v) is 1.24. The van der Waals surface area contributed by atoms with Gasteiger partial charge in [-0.2, -0.15) is 0 Å². The lowest BCUT2D eigenvalue weighted by atomic mass is 10.2. The van der Waals surface area contributed by atoms with Gasteiger partial charge in [-0.05, 0) is 0 Å². The van der Waals surface area contributed by atoms with Crippen LogP contribution in [-0.4, -0.2) is 0 Å².